The van der Waals surface area contributed by atoms with E-state index in [1.807, 2.05) is 6.07 Å². The van der Waals surface area contributed by atoms with Gasteiger partial charge in [-0.15, -0.1) is 0 Å². The van der Waals surface area contributed by atoms with Gasteiger partial charge < -0.3 is 10.0 Å². The van der Waals surface area contributed by atoms with Gasteiger partial charge in [-0.3, -0.25) is 0 Å². The summed E-state index contributed by atoms with van der Waals surface area (Å²) in [5.74, 6) is 0. The molecule has 13 heteroatoms. The van der Waals surface area contributed by atoms with Gasteiger partial charge in [0.25, 0.3) is 0 Å². The van der Waals surface area contributed by atoms with Crippen molar-refractivity contribution >= 4 is 15.7 Å². The highest BCUT2D eigenvalue weighted by Gasteiger charge is 2.40. The van der Waals surface area contributed by atoms with Gasteiger partial charge in [0.15, 0.2) is 0 Å². The number of anilines is 1. The molecule has 0 aromatic heterocycles. The van der Waals surface area contributed by atoms with Gasteiger partial charge in [-0.1, -0.05) is 18.2 Å². The molecule has 2 saturated heterocycles. The van der Waals surface area contributed by atoms with Crippen LogP contribution in [-0.4, -0.2) is 32.7 Å². The van der Waals surface area contributed by atoms with E-state index in [0.717, 1.165) is 11.8 Å². The number of nitrogens with two attached hydrogens (primary N) is 1. The number of rotatable bonds is 4. The molecule has 2 fully saturated rings. The van der Waals surface area contributed by atoms with E-state index in [0.29, 0.717) is 31.5 Å². The predicted octanol–water partition coefficient (Wildman–Crippen LogP) is 1.10. The van der Waals surface area contributed by atoms with E-state index in [-0.39, 0.29) is 17.2 Å². The molecule has 9 nitrogen and oxygen atoms in total. The SMILES string of the molecule is NS(=O)(=O)c1c(C(F)(F)F)ccc(-c2cccc(N3CCC(O)CC3)c2)c1C1NNNN1. The number of hydrogen-bond donors (Lipinski definition) is 6. The number of piperidine rings is 1. The molecule has 2 aromatic carbocycles. The van der Waals surface area contributed by atoms with Crippen LogP contribution in [0.5, 0.6) is 0 Å². The Balaban J connectivity index is 1.89. The van der Waals surface area contributed by atoms with Gasteiger partial charge in [-0.05, 0) is 42.2 Å². The van der Waals surface area contributed by atoms with Crippen molar-refractivity contribution < 1.29 is 26.7 Å². The highest BCUT2D eigenvalue weighted by atomic mass is 32.2. The van der Waals surface area contributed by atoms with Gasteiger partial charge in [0.1, 0.15) is 11.1 Å². The Morgan fingerprint density at radius 3 is 2.31 bits per heavy atom. The summed E-state index contributed by atoms with van der Waals surface area (Å²) in [6.45, 7) is 1.26. The lowest BCUT2D eigenvalue weighted by molar-refractivity contribution is -0.140. The maximum absolute atomic E-state index is 13.7. The summed E-state index contributed by atoms with van der Waals surface area (Å²) in [4.78, 5) is 1.07. The molecule has 2 aliphatic rings. The molecule has 2 heterocycles. The Bertz CT molecular complexity index is 1100. The summed E-state index contributed by atoms with van der Waals surface area (Å²) in [5.41, 5.74) is 10.4. The van der Waals surface area contributed by atoms with Gasteiger partial charge in [0.05, 0.1) is 11.7 Å². The van der Waals surface area contributed by atoms with Gasteiger partial charge in [-0.25, -0.2) is 24.4 Å². The number of halogens is 3. The molecule has 2 aromatic rings. The first-order valence-corrected chi connectivity index (χ1v) is 11.4. The fourth-order valence-electron chi connectivity index (χ4n) is 4.06. The molecular formula is C19H23F3N6O3S. The van der Waals surface area contributed by atoms with Crippen LogP contribution >= 0.6 is 0 Å². The Kier molecular flexibility index (Phi) is 6.15. The van der Waals surface area contributed by atoms with E-state index in [1.54, 1.807) is 18.2 Å². The number of aliphatic hydroxyl groups excluding tert-OH is 1. The van der Waals surface area contributed by atoms with E-state index in [9.17, 15) is 26.7 Å². The zero-order valence-corrected chi connectivity index (χ0v) is 17.6. The third-order valence-electron chi connectivity index (χ3n) is 5.56. The second-order valence-electron chi connectivity index (χ2n) is 7.69. The van der Waals surface area contributed by atoms with Crippen molar-refractivity contribution in [1.82, 2.24) is 21.9 Å². The van der Waals surface area contributed by atoms with Crippen molar-refractivity contribution in [1.29, 1.82) is 0 Å². The quantitative estimate of drug-likeness (QED) is 0.390. The zero-order valence-electron chi connectivity index (χ0n) is 16.8. The van der Waals surface area contributed by atoms with Crippen molar-refractivity contribution in [2.75, 3.05) is 18.0 Å². The number of nitrogens with one attached hydrogen (secondary N) is 4. The molecule has 0 saturated carbocycles. The first kappa shape index (κ1) is 22.9. The molecule has 0 spiro atoms. The molecule has 7 N–H and O–H groups in total. The minimum atomic E-state index is -4.93. The lowest BCUT2D eigenvalue weighted by Crippen LogP contribution is -2.35. The standard InChI is InChI=1S/C19H23F3N6O3S/c20-19(21,22)15-5-4-14(16(17(15)32(23,30)31)18-24-26-27-25-18)11-2-1-3-12(10-11)28-8-6-13(29)7-9-28/h1-5,10,13,18,24-27,29H,6-9H2,(H2,23,30,31). The molecule has 0 aliphatic carbocycles. The minimum Gasteiger partial charge on any atom is -0.393 e. The normalized spacial score (nSPS) is 19.0. The molecule has 0 atom stereocenters. The van der Waals surface area contributed by atoms with E-state index in [1.165, 1.54) is 6.07 Å². The minimum absolute atomic E-state index is 0.161. The summed E-state index contributed by atoms with van der Waals surface area (Å²) >= 11 is 0. The van der Waals surface area contributed by atoms with Gasteiger partial charge in [0, 0.05) is 24.3 Å². The predicted molar refractivity (Wildman–Crippen MR) is 111 cm³/mol. The molecular weight excluding hydrogens is 449 g/mol. The van der Waals surface area contributed by atoms with E-state index >= 15 is 0 Å². The van der Waals surface area contributed by atoms with Crippen molar-refractivity contribution in [2.45, 2.75) is 36.2 Å². The molecule has 32 heavy (non-hydrogen) atoms. The van der Waals surface area contributed by atoms with Crippen LogP contribution in [0.4, 0.5) is 18.9 Å². The summed E-state index contributed by atoms with van der Waals surface area (Å²) < 4.78 is 65.8. The molecule has 0 amide bonds. The Morgan fingerprint density at radius 1 is 1.06 bits per heavy atom. The van der Waals surface area contributed by atoms with Crippen molar-refractivity contribution in [2.24, 2.45) is 5.14 Å². The third kappa shape index (κ3) is 4.59. The van der Waals surface area contributed by atoms with E-state index in [4.69, 9.17) is 5.14 Å². The number of hydrogen-bond acceptors (Lipinski definition) is 8. The molecule has 4 rings (SSSR count). The Labute approximate surface area is 182 Å². The maximum atomic E-state index is 13.7. The zero-order chi connectivity index (χ0) is 23.1. The monoisotopic (exact) mass is 472 g/mol. The molecule has 0 radical (unpaired) electrons. The van der Waals surface area contributed by atoms with Crippen molar-refractivity contribution in [3.63, 3.8) is 0 Å². The summed E-state index contributed by atoms with van der Waals surface area (Å²) in [6.07, 6.45) is -5.08. The van der Waals surface area contributed by atoms with Crippen LogP contribution in [0.2, 0.25) is 0 Å². The molecule has 174 valence electrons. The molecule has 0 bridgehead atoms. The number of sulfonamides is 1. The Hall–Kier alpha value is -2.26. The maximum Gasteiger partial charge on any atom is 0.417 e. The number of nitrogens with zero attached hydrogens (tertiary/aromatic N) is 1. The number of aliphatic hydroxyl groups is 1. The average molecular weight is 472 g/mol. The van der Waals surface area contributed by atoms with Gasteiger partial charge in [-0.2, -0.15) is 24.2 Å². The highest BCUT2D eigenvalue weighted by Crippen LogP contribution is 2.42. The van der Waals surface area contributed by atoms with Crippen LogP contribution in [-0.2, 0) is 16.2 Å². The summed E-state index contributed by atoms with van der Waals surface area (Å²) in [5, 5.41) is 15.0. The number of alkyl halides is 3. The second-order valence-corrected chi connectivity index (χ2v) is 9.18. The summed E-state index contributed by atoms with van der Waals surface area (Å²) in [7, 11) is -4.75. The molecule has 0 unspecified atom stereocenters. The topological polar surface area (TPSA) is 132 Å². The van der Waals surface area contributed by atoms with Crippen LogP contribution < -0.4 is 32.0 Å². The van der Waals surface area contributed by atoms with Crippen molar-refractivity contribution in [3.8, 4) is 11.1 Å². The lowest BCUT2D eigenvalue weighted by atomic mass is 9.94. The first-order chi connectivity index (χ1) is 15.1. The van der Waals surface area contributed by atoms with Gasteiger partial charge in [0.2, 0.25) is 10.0 Å². The third-order valence-corrected chi connectivity index (χ3v) is 6.57. The number of primary sulfonamides is 1. The fraction of sp³-hybridized carbons (Fsp3) is 0.368. The average Bonchev–Trinajstić information content (AvgIpc) is 3.26. The summed E-state index contributed by atoms with van der Waals surface area (Å²) in [6, 6.07) is 9.07. The van der Waals surface area contributed by atoms with Crippen LogP contribution in [0.15, 0.2) is 41.3 Å². The lowest BCUT2D eigenvalue weighted by Gasteiger charge is -2.32. The van der Waals surface area contributed by atoms with Gasteiger partial charge >= 0.3 is 6.18 Å². The highest BCUT2D eigenvalue weighted by molar-refractivity contribution is 7.89. The van der Waals surface area contributed by atoms with Crippen molar-refractivity contribution in [3.05, 3.63) is 47.5 Å². The van der Waals surface area contributed by atoms with Crippen LogP contribution in [0.3, 0.4) is 0 Å². The number of benzene rings is 2. The second kappa shape index (κ2) is 8.59. The van der Waals surface area contributed by atoms with E-state index in [2.05, 4.69) is 26.8 Å². The number of hydrazine groups is 3. The molecule has 2 aliphatic heterocycles. The van der Waals surface area contributed by atoms with Crippen LogP contribution in [0, 0.1) is 0 Å². The van der Waals surface area contributed by atoms with E-state index < -0.39 is 32.8 Å². The van der Waals surface area contributed by atoms with Crippen LogP contribution in [0.1, 0.15) is 30.1 Å². The first-order valence-electron chi connectivity index (χ1n) is 9.87. The Morgan fingerprint density at radius 2 is 1.72 bits per heavy atom. The smallest absolute Gasteiger partial charge is 0.393 e. The van der Waals surface area contributed by atoms with Crippen LogP contribution in [0.25, 0.3) is 11.1 Å². The largest absolute Gasteiger partial charge is 0.417 e. The fourth-order valence-corrected chi connectivity index (χ4v) is 5.08.